The largest absolute Gasteiger partial charge is 0.396 e. The van der Waals surface area contributed by atoms with Gasteiger partial charge in [-0.25, -0.2) is 4.99 Å². The van der Waals surface area contributed by atoms with E-state index in [0.717, 1.165) is 12.4 Å². The van der Waals surface area contributed by atoms with E-state index in [2.05, 4.69) is 10.3 Å². The summed E-state index contributed by atoms with van der Waals surface area (Å²) >= 11 is 0. The Balaban J connectivity index is 2.29. The minimum Gasteiger partial charge on any atom is -0.396 e. The predicted molar refractivity (Wildman–Crippen MR) is 48.9 cm³/mol. The lowest BCUT2D eigenvalue weighted by molar-refractivity contribution is 0.276. The van der Waals surface area contributed by atoms with Crippen LogP contribution in [0.4, 0.5) is 0 Å². The Bertz CT molecular complexity index is 189. The first-order valence-corrected chi connectivity index (χ1v) is 4.15. The molecule has 12 heavy (non-hydrogen) atoms. The van der Waals surface area contributed by atoms with Crippen molar-refractivity contribution in [1.29, 1.82) is 0 Å². The maximum absolute atomic E-state index is 8.61. The highest BCUT2D eigenvalue weighted by Gasteiger charge is 2.06. The number of rotatable bonds is 4. The number of nitrogens with zero attached hydrogens (tertiary/aromatic N) is 1. The van der Waals surface area contributed by atoms with Crippen molar-refractivity contribution < 1.29 is 5.11 Å². The van der Waals surface area contributed by atoms with E-state index in [1.165, 1.54) is 0 Å². The first-order valence-electron chi connectivity index (χ1n) is 4.15. The molecule has 1 rings (SSSR count). The molecule has 0 fully saturated rings. The molecule has 0 aromatic carbocycles. The quantitative estimate of drug-likeness (QED) is 0.536. The molecule has 1 aliphatic rings. The number of hydrogen-bond donors (Lipinski definition) is 3. The Morgan fingerprint density at radius 2 is 2.58 bits per heavy atom. The van der Waals surface area contributed by atoms with E-state index in [9.17, 15) is 0 Å². The monoisotopic (exact) mass is 169 g/mol. The maximum atomic E-state index is 8.61. The Kier molecular flexibility index (Phi) is 3.76. The highest BCUT2D eigenvalue weighted by atomic mass is 16.3. The standard InChI is InChI=1S/C8H15N3O/c9-7(2-5-12)6-8-10-3-1-4-11-8/h1,3,7,12H,2,4-6,9H2,(H,10,11)/t7-/m0/s1. The summed E-state index contributed by atoms with van der Waals surface area (Å²) in [7, 11) is 0. The molecule has 0 aromatic heterocycles. The molecular formula is C8H15N3O. The van der Waals surface area contributed by atoms with Gasteiger partial charge in [0.2, 0.25) is 0 Å². The summed E-state index contributed by atoms with van der Waals surface area (Å²) in [6, 6.07) is 0.00718. The van der Waals surface area contributed by atoms with Crippen molar-refractivity contribution in [3.05, 3.63) is 12.3 Å². The minimum atomic E-state index is 0.00718. The molecule has 1 aliphatic heterocycles. The van der Waals surface area contributed by atoms with Crippen LogP contribution in [0.2, 0.25) is 0 Å². The Labute approximate surface area is 72.2 Å². The molecule has 1 atom stereocenters. The van der Waals surface area contributed by atoms with Crippen LogP contribution in [-0.2, 0) is 0 Å². The van der Waals surface area contributed by atoms with Crippen LogP contribution in [0.1, 0.15) is 12.8 Å². The fourth-order valence-corrected chi connectivity index (χ4v) is 1.06. The average molecular weight is 169 g/mol. The first-order chi connectivity index (χ1) is 5.83. The van der Waals surface area contributed by atoms with Crippen LogP contribution in [0.3, 0.4) is 0 Å². The number of hydrogen-bond acceptors (Lipinski definition) is 4. The number of aliphatic hydroxyl groups is 1. The fourth-order valence-electron chi connectivity index (χ4n) is 1.06. The molecule has 0 saturated heterocycles. The Morgan fingerprint density at radius 1 is 1.75 bits per heavy atom. The molecule has 1 heterocycles. The number of amidine groups is 1. The molecular weight excluding hydrogens is 154 g/mol. The van der Waals surface area contributed by atoms with Gasteiger partial charge in [-0.1, -0.05) is 0 Å². The average Bonchev–Trinajstić information content (AvgIpc) is 2.06. The van der Waals surface area contributed by atoms with Gasteiger partial charge in [-0.3, -0.25) is 0 Å². The molecule has 68 valence electrons. The third-order valence-corrected chi connectivity index (χ3v) is 1.72. The van der Waals surface area contributed by atoms with Crippen molar-refractivity contribution in [1.82, 2.24) is 5.32 Å². The van der Waals surface area contributed by atoms with Gasteiger partial charge in [-0.05, 0) is 12.5 Å². The summed E-state index contributed by atoms with van der Waals surface area (Å²) in [4.78, 5) is 4.12. The second-order valence-corrected chi connectivity index (χ2v) is 2.82. The number of nitrogens with one attached hydrogen (secondary N) is 1. The third kappa shape index (κ3) is 3.02. The fraction of sp³-hybridized carbons (Fsp3) is 0.625. The van der Waals surface area contributed by atoms with Gasteiger partial charge >= 0.3 is 0 Å². The summed E-state index contributed by atoms with van der Waals surface area (Å²) in [5.41, 5.74) is 5.71. The van der Waals surface area contributed by atoms with Crippen LogP contribution >= 0.6 is 0 Å². The number of aliphatic imine (C=N–C) groups is 1. The summed E-state index contributed by atoms with van der Waals surface area (Å²) < 4.78 is 0. The second-order valence-electron chi connectivity index (χ2n) is 2.82. The summed E-state index contributed by atoms with van der Waals surface area (Å²) in [6.07, 6.45) is 5.06. The summed E-state index contributed by atoms with van der Waals surface area (Å²) in [6.45, 7) is 0.967. The lowest BCUT2D eigenvalue weighted by atomic mass is 10.1. The van der Waals surface area contributed by atoms with E-state index < -0.39 is 0 Å². The Morgan fingerprint density at radius 3 is 3.17 bits per heavy atom. The van der Waals surface area contributed by atoms with E-state index in [1.54, 1.807) is 6.20 Å². The van der Waals surface area contributed by atoms with Crippen molar-refractivity contribution >= 4 is 5.84 Å². The SMILES string of the molecule is N[C@@H](CCO)CC1=NC=CCN1. The van der Waals surface area contributed by atoms with Crippen LogP contribution in [0.5, 0.6) is 0 Å². The second kappa shape index (κ2) is 4.90. The van der Waals surface area contributed by atoms with Gasteiger partial charge in [0.15, 0.2) is 0 Å². The first kappa shape index (κ1) is 9.22. The lowest BCUT2D eigenvalue weighted by Gasteiger charge is -2.14. The van der Waals surface area contributed by atoms with Gasteiger partial charge < -0.3 is 16.2 Å². The maximum Gasteiger partial charge on any atom is 0.103 e. The predicted octanol–water partition coefficient (Wildman–Crippen LogP) is -0.398. The highest BCUT2D eigenvalue weighted by Crippen LogP contribution is 1.97. The molecule has 0 aromatic rings. The minimum absolute atomic E-state index is 0.00718. The van der Waals surface area contributed by atoms with Gasteiger partial charge in [0.25, 0.3) is 0 Å². The van der Waals surface area contributed by atoms with Crippen LogP contribution in [-0.4, -0.2) is 30.1 Å². The molecule has 4 heteroatoms. The molecule has 4 nitrogen and oxygen atoms in total. The normalized spacial score (nSPS) is 18.3. The zero-order valence-corrected chi connectivity index (χ0v) is 7.03. The molecule has 0 spiro atoms. The van der Waals surface area contributed by atoms with Gasteiger partial charge in [-0.2, -0.15) is 0 Å². The summed E-state index contributed by atoms with van der Waals surface area (Å²) in [5.74, 6) is 0.915. The smallest absolute Gasteiger partial charge is 0.103 e. The van der Waals surface area contributed by atoms with E-state index in [4.69, 9.17) is 10.8 Å². The van der Waals surface area contributed by atoms with E-state index in [0.29, 0.717) is 12.8 Å². The van der Waals surface area contributed by atoms with E-state index in [1.807, 2.05) is 6.08 Å². The number of aliphatic hydroxyl groups excluding tert-OH is 1. The molecule has 0 amide bonds. The van der Waals surface area contributed by atoms with Crippen LogP contribution < -0.4 is 11.1 Å². The van der Waals surface area contributed by atoms with Crippen molar-refractivity contribution in [3.63, 3.8) is 0 Å². The molecule has 0 aliphatic carbocycles. The molecule has 0 saturated carbocycles. The van der Waals surface area contributed by atoms with Crippen molar-refractivity contribution in [2.45, 2.75) is 18.9 Å². The summed E-state index contributed by atoms with van der Waals surface area (Å²) in [5, 5.41) is 11.7. The highest BCUT2D eigenvalue weighted by molar-refractivity contribution is 5.84. The third-order valence-electron chi connectivity index (χ3n) is 1.72. The Hall–Kier alpha value is -0.870. The van der Waals surface area contributed by atoms with Crippen LogP contribution in [0.15, 0.2) is 17.3 Å². The van der Waals surface area contributed by atoms with Gasteiger partial charge in [-0.15, -0.1) is 0 Å². The van der Waals surface area contributed by atoms with Gasteiger partial charge in [0.1, 0.15) is 5.84 Å². The lowest BCUT2D eigenvalue weighted by Crippen LogP contribution is -2.33. The van der Waals surface area contributed by atoms with E-state index >= 15 is 0 Å². The van der Waals surface area contributed by atoms with Gasteiger partial charge in [0.05, 0.1) is 0 Å². The zero-order chi connectivity index (χ0) is 8.81. The zero-order valence-electron chi connectivity index (χ0n) is 7.03. The molecule has 4 N–H and O–H groups in total. The van der Waals surface area contributed by atoms with Crippen LogP contribution in [0.25, 0.3) is 0 Å². The molecule has 0 unspecified atom stereocenters. The van der Waals surface area contributed by atoms with Crippen molar-refractivity contribution in [2.75, 3.05) is 13.2 Å². The van der Waals surface area contributed by atoms with Crippen molar-refractivity contribution in [3.8, 4) is 0 Å². The van der Waals surface area contributed by atoms with E-state index in [-0.39, 0.29) is 12.6 Å². The van der Waals surface area contributed by atoms with Crippen molar-refractivity contribution in [2.24, 2.45) is 10.7 Å². The molecule has 0 bridgehead atoms. The number of nitrogens with two attached hydrogens (primary N) is 1. The van der Waals surface area contributed by atoms with Gasteiger partial charge in [0, 0.05) is 31.8 Å². The molecule has 0 radical (unpaired) electrons. The van der Waals surface area contributed by atoms with Crippen LogP contribution in [0, 0.1) is 0 Å². The topological polar surface area (TPSA) is 70.6 Å².